The van der Waals surface area contributed by atoms with E-state index in [1.54, 1.807) is 0 Å². The third-order valence-electron chi connectivity index (χ3n) is 1.65. The van der Waals surface area contributed by atoms with Gasteiger partial charge in [-0.3, -0.25) is 0 Å². The molecule has 0 saturated heterocycles. The Hall–Kier alpha value is -2.00. The van der Waals surface area contributed by atoms with Crippen LogP contribution < -0.4 is 11.1 Å². The van der Waals surface area contributed by atoms with E-state index in [2.05, 4.69) is 15.0 Å². The minimum Gasteiger partial charge on any atom is -0.448 e. The van der Waals surface area contributed by atoms with Crippen molar-refractivity contribution in [2.75, 3.05) is 18.5 Å². The molecule has 0 fully saturated rings. The van der Waals surface area contributed by atoms with Crippen molar-refractivity contribution in [2.45, 2.75) is 0 Å². The number of halogens is 1. The highest BCUT2D eigenvalue weighted by Gasteiger charge is 2.06. The zero-order valence-electron chi connectivity index (χ0n) is 8.24. The summed E-state index contributed by atoms with van der Waals surface area (Å²) in [6, 6.07) is 3.43. The summed E-state index contributed by atoms with van der Waals surface area (Å²) < 4.78 is 4.50. The molecule has 6 nitrogen and oxygen atoms in total. The fraction of sp³-hybridized carbons (Fsp3) is 0.222. The van der Waals surface area contributed by atoms with Gasteiger partial charge in [0.15, 0.2) is 0 Å². The molecule has 0 radical (unpaired) electrons. The average Bonchev–Trinajstić information content (AvgIpc) is 2.26. The molecule has 0 unspecified atom stereocenters. The number of anilines is 1. The third kappa shape index (κ3) is 3.29. The van der Waals surface area contributed by atoms with E-state index in [9.17, 15) is 4.79 Å². The average molecular weight is 241 g/mol. The Bertz CT molecular complexity index is 430. The summed E-state index contributed by atoms with van der Waals surface area (Å²) in [7, 11) is 0. The van der Waals surface area contributed by atoms with Crippen molar-refractivity contribution < 1.29 is 9.53 Å². The van der Waals surface area contributed by atoms with Crippen LogP contribution in [0.25, 0.3) is 0 Å². The van der Waals surface area contributed by atoms with Crippen LogP contribution in [-0.4, -0.2) is 24.2 Å². The number of hydrogen-bond donors (Lipinski definition) is 2. The Morgan fingerprint density at radius 2 is 2.50 bits per heavy atom. The number of hydrogen-bond acceptors (Lipinski definition) is 5. The molecule has 0 aromatic carbocycles. The topological polar surface area (TPSA) is 101 Å². The number of pyridine rings is 1. The number of nitrogens with zero attached hydrogens (tertiary/aromatic N) is 2. The van der Waals surface area contributed by atoms with Gasteiger partial charge in [-0.2, -0.15) is 5.26 Å². The Kier molecular flexibility index (Phi) is 4.36. The molecule has 0 aliphatic carbocycles. The summed E-state index contributed by atoms with van der Waals surface area (Å²) >= 11 is 5.87. The standard InChI is InChI=1S/C9H9ClN4O2/c10-7-6(5-11)1-2-13-8(7)14-3-4-16-9(12)15/h1-2H,3-4H2,(H2,12,15)(H,13,14). The van der Waals surface area contributed by atoms with E-state index in [0.29, 0.717) is 17.9 Å². The van der Waals surface area contributed by atoms with Gasteiger partial charge < -0.3 is 15.8 Å². The lowest BCUT2D eigenvalue weighted by Gasteiger charge is -2.07. The van der Waals surface area contributed by atoms with Gasteiger partial charge in [0.05, 0.1) is 12.1 Å². The summed E-state index contributed by atoms with van der Waals surface area (Å²) in [4.78, 5) is 14.2. The number of nitrogens with one attached hydrogen (secondary N) is 1. The van der Waals surface area contributed by atoms with E-state index in [1.807, 2.05) is 6.07 Å². The number of nitriles is 1. The number of primary amides is 1. The van der Waals surface area contributed by atoms with Crippen LogP contribution in [0, 0.1) is 11.3 Å². The molecule has 1 heterocycles. The van der Waals surface area contributed by atoms with Gasteiger partial charge >= 0.3 is 6.09 Å². The molecule has 0 atom stereocenters. The lowest BCUT2D eigenvalue weighted by atomic mass is 10.3. The van der Waals surface area contributed by atoms with Gasteiger partial charge in [-0.1, -0.05) is 11.6 Å². The number of aromatic nitrogens is 1. The largest absolute Gasteiger partial charge is 0.448 e. The SMILES string of the molecule is N#Cc1ccnc(NCCOC(N)=O)c1Cl. The predicted molar refractivity (Wildman–Crippen MR) is 58.0 cm³/mol. The normalized spacial score (nSPS) is 9.25. The van der Waals surface area contributed by atoms with Gasteiger partial charge in [0.2, 0.25) is 0 Å². The van der Waals surface area contributed by atoms with E-state index >= 15 is 0 Å². The Balaban J connectivity index is 2.55. The molecular formula is C9H9ClN4O2. The molecule has 84 valence electrons. The number of nitrogens with two attached hydrogens (primary N) is 1. The number of carbonyl (C=O) groups is 1. The highest BCUT2D eigenvalue weighted by molar-refractivity contribution is 6.34. The number of carbonyl (C=O) groups excluding carboxylic acids is 1. The quantitative estimate of drug-likeness (QED) is 0.768. The Labute approximate surface area is 97.0 Å². The van der Waals surface area contributed by atoms with Gasteiger partial charge in [-0.25, -0.2) is 9.78 Å². The van der Waals surface area contributed by atoms with Gasteiger partial charge in [0.25, 0.3) is 0 Å². The molecule has 0 aliphatic rings. The van der Waals surface area contributed by atoms with E-state index in [-0.39, 0.29) is 11.6 Å². The van der Waals surface area contributed by atoms with E-state index in [1.165, 1.54) is 12.3 Å². The second-order valence-electron chi connectivity index (χ2n) is 2.73. The summed E-state index contributed by atoms with van der Waals surface area (Å²) in [6.45, 7) is 0.411. The highest BCUT2D eigenvalue weighted by Crippen LogP contribution is 2.22. The maximum atomic E-state index is 10.3. The minimum atomic E-state index is -0.841. The van der Waals surface area contributed by atoms with Crippen molar-refractivity contribution in [2.24, 2.45) is 5.73 Å². The van der Waals surface area contributed by atoms with Crippen molar-refractivity contribution in [3.63, 3.8) is 0 Å². The van der Waals surface area contributed by atoms with Crippen LogP contribution in [0.4, 0.5) is 10.6 Å². The van der Waals surface area contributed by atoms with Crippen LogP contribution in [0.1, 0.15) is 5.56 Å². The van der Waals surface area contributed by atoms with Crippen LogP contribution in [0.15, 0.2) is 12.3 Å². The fourth-order valence-electron chi connectivity index (χ4n) is 0.974. The maximum Gasteiger partial charge on any atom is 0.404 e. The first-order chi connectivity index (χ1) is 7.65. The zero-order valence-corrected chi connectivity index (χ0v) is 8.99. The van der Waals surface area contributed by atoms with Gasteiger partial charge in [0.1, 0.15) is 23.5 Å². The van der Waals surface area contributed by atoms with Crippen molar-refractivity contribution in [1.82, 2.24) is 4.98 Å². The van der Waals surface area contributed by atoms with Crippen molar-refractivity contribution in [3.05, 3.63) is 22.8 Å². The second-order valence-corrected chi connectivity index (χ2v) is 3.11. The molecule has 16 heavy (non-hydrogen) atoms. The summed E-state index contributed by atoms with van der Waals surface area (Å²) in [5, 5.41) is 11.8. The van der Waals surface area contributed by atoms with E-state index in [0.717, 1.165) is 0 Å². The second kappa shape index (κ2) is 5.78. The molecule has 3 N–H and O–H groups in total. The Morgan fingerprint density at radius 1 is 1.75 bits per heavy atom. The van der Waals surface area contributed by atoms with Gasteiger partial charge in [0, 0.05) is 6.20 Å². The zero-order chi connectivity index (χ0) is 12.0. The monoisotopic (exact) mass is 240 g/mol. The van der Waals surface area contributed by atoms with Gasteiger partial charge in [-0.05, 0) is 6.07 Å². The first-order valence-corrected chi connectivity index (χ1v) is 4.73. The van der Waals surface area contributed by atoms with Crippen molar-refractivity contribution in [1.29, 1.82) is 5.26 Å². The fourth-order valence-corrected chi connectivity index (χ4v) is 1.20. The smallest absolute Gasteiger partial charge is 0.404 e. The highest BCUT2D eigenvalue weighted by atomic mass is 35.5. The molecule has 1 rings (SSSR count). The van der Waals surface area contributed by atoms with Crippen LogP contribution in [0.5, 0.6) is 0 Å². The van der Waals surface area contributed by atoms with Crippen LogP contribution in [0.3, 0.4) is 0 Å². The van der Waals surface area contributed by atoms with E-state index in [4.69, 9.17) is 22.6 Å². The number of rotatable bonds is 4. The first-order valence-electron chi connectivity index (χ1n) is 4.36. The lowest BCUT2D eigenvalue weighted by Crippen LogP contribution is -2.18. The van der Waals surface area contributed by atoms with Crippen LogP contribution in [0.2, 0.25) is 5.02 Å². The third-order valence-corrected chi connectivity index (χ3v) is 2.03. The molecular weight excluding hydrogens is 232 g/mol. The summed E-state index contributed by atoms with van der Waals surface area (Å²) in [5.41, 5.74) is 5.10. The van der Waals surface area contributed by atoms with Crippen LogP contribution in [-0.2, 0) is 4.74 Å². The molecule has 1 aromatic rings. The number of ether oxygens (including phenoxy) is 1. The molecule has 0 aliphatic heterocycles. The maximum absolute atomic E-state index is 10.3. The molecule has 1 aromatic heterocycles. The molecule has 7 heteroatoms. The van der Waals surface area contributed by atoms with Crippen LogP contribution >= 0.6 is 11.6 Å². The van der Waals surface area contributed by atoms with Crippen molar-refractivity contribution in [3.8, 4) is 6.07 Å². The summed E-state index contributed by atoms with van der Waals surface area (Å²) in [6.07, 6.45) is 0.619. The first kappa shape index (κ1) is 12.1. The molecule has 0 saturated carbocycles. The van der Waals surface area contributed by atoms with E-state index < -0.39 is 6.09 Å². The molecule has 0 spiro atoms. The Morgan fingerprint density at radius 3 is 3.12 bits per heavy atom. The summed E-state index contributed by atoms with van der Waals surface area (Å²) in [5.74, 6) is 0.369. The van der Waals surface area contributed by atoms with Crippen molar-refractivity contribution >= 4 is 23.5 Å². The minimum absolute atomic E-state index is 0.101. The number of amides is 1. The predicted octanol–water partition coefficient (Wildman–Crippen LogP) is 1.11. The molecule has 1 amide bonds. The molecule has 0 bridgehead atoms. The lowest BCUT2D eigenvalue weighted by molar-refractivity contribution is 0.161. The van der Waals surface area contributed by atoms with Gasteiger partial charge in [-0.15, -0.1) is 0 Å².